The molecule has 1 unspecified atom stereocenters. The van der Waals surface area contributed by atoms with E-state index in [1.165, 1.54) is 0 Å². The second kappa shape index (κ2) is 8.54. The summed E-state index contributed by atoms with van der Waals surface area (Å²) in [5, 5.41) is 3.03. The Morgan fingerprint density at radius 3 is 2.46 bits per heavy atom. The van der Waals surface area contributed by atoms with Gasteiger partial charge in [0.05, 0.1) is 5.88 Å². The van der Waals surface area contributed by atoms with Crippen LogP contribution in [-0.4, -0.2) is 90.5 Å². The maximum absolute atomic E-state index is 12.5. The molecule has 2 aliphatic rings. The van der Waals surface area contributed by atoms with E-state index in [-0.39, 0.29) is 17.9 Å². The molecule has 24 heavy (non-hydrogen) atoms. The molecule has 138 valence electrons. The molecule has 7 heteroatoms. The predicted molar refractivity (Wildman–Crippen MR) is 99.0 cm³/mol. The molecule has 2 heterocycles. The van der Waals surface area contributed by atoms with Gasteiger partial charge in [-0.2, -0.15) is 0 Å². The third-order valence-electron chi connectivity index (χ3n) is 4.63. The first-order chi connectivity index (χ1) is 11.3. The highest BCUT2D eigenvalue weighted by atomic mass is 32.2. The summed E-state index contributed by atoms with van der Waals surface area (Å²) in [7, 11) is 2.15. The van der Waals surface area contributed by atoms with Gasteiger partial charge in [0, 0.05) is 43.9 Å². The number of nitrogens with zero attached hydrogens (tertiary/aromatic N) is 3. The van der Waals surface area contributed by atoms with Crippen LogP contribution in [0.2, 0.25) is 0 Å². The molecule has 0 spiro atoms. The van der Waals surface area contributed by atoms with E-state index in [2.05, 4.69) is 22.2 Å². The zero-order valence-corrected chi connectivity index (χ0v) is 16.3. The Hall–Kier alpha value is -0.790. The summed E-state index contributed by atoms with van der Waals surface area (Å²) in [4.78, 5) is 31.4. The molecule has 0 aliphatic carbocycles. The summed E-state index contributed by atoms with van der Waals surface area (Å²) >= 11 is 1.66. The fraction of sp³-hybridized carbons (Fsp3) is 0.882. The molecule has 0 aromatic heterocycles. The Bertz CT molecular complexity index is 444. The fourth-order valence-electron chi connectivity index (χ4n) is 2.99. The molecule has 2 rings (SSSR count). The molecule has 1 N–H and O–H groups in total. The predicted octanol–water partition coefficient (Wildman–Crippen LogP) is 0.688. The van der Waals surface area contributed by atoms with Crippen LogP contribution in [0.1, 0.15) is 27.2 Å². The van der Waals surface area contributed by atoms with E-state index in [4.69, 9.17) is 0 Å². The summed E-state index contributed by atoms with van der Waals surface area (Å²) in [6, 6.07) is -0.314. The van der Waals surface area contributed by atoms with Gasteiger partial charge in [-0.3, -0.25) is 9.59 Å². The van der Waals surface area contributed by atoms with Crippen LogP contribution in [0.4, 0.5) is 0 Å². The average molecular weight is 357 g/mol. The van der Waals surface area contributed by atoms with Gasteiger partial charge in [0.1, 0.15) is 6.04 Å². The van der Waals surface area contributed by atoms with Gasteiger partial charge in [-0.1, -0.05) is 20.8 Å². The van der Waals surface area contributed by atoms with Crippen LogP contribution in [0, 0.1) is 5.41 Å². The summed E-state index contributed by atoms with van der Waals surface area (Å²) in [5.41, 5.74) is -0.440. The van der Waals surface area contributed by atoms with E-state index in [9.17, 15) is 9.59 Å². The number of piperazine rings is 1. The number of thioether (sulfide) groups is 1. The topological polar surface area (TPSA) is 55.9 Å². The Labute approximate surface area is 150 Å². The third kappa shape index (κ3) is 5.36. The van der Waals surface area contributed by atoms with Crippen molar-refractivity contribution in [2.75, 3.05) is 57.9 Å². The van der Waals surface area contributed by atoms with Gasteiger partial charge in [0.2, 0.25) is 11.8 Å². The van der Waals surface area contributed by atoms with Crippen molar-refractivity contribution >= 4 is 23.6 Å². The lowest BCUT2D eigenvalue weighted by atomic mass is 9.94. The standard InChI is InChI=1S/C17H32N4O2S/c1-17(2,3)16(23)21-13-24-12-14(21)15(22)18-6-5-7-20-10-8-19(4)9-11-20/h14H,5-13H2,1-4H3,(H,18,22). The highest BCUT2D eigenvalue weighted by Gasteiger charge is 2.38. The monoisotopic (exact) mass is 356 g/mol. The highest BCUT2D eigenvalue weighted by Crippen LogP contribution is 2.27. The molecule has 2 aliphatic heterocycles. The number of carbonyl (C=O) groups excluding carboxylic acids is 2. The van der Waals surface area contributed by atoms with Gasteiger partial charge in [-0.15, -0.1) is 11.8 Å². The molecule has 0 aromatic carbocycles. The van der Waals surface area contributed by atoms with E-state index in [0.29, 0.717) is 18.2 Å². The van der Waals surface area contributed by atoms with E-state index in [1.54, 1.807) is 16.7 Å². The quantitative estimate of drug-likeness (QED) is 0.735. The van der Waals surface area contributed by atoms with E-state index >= 15 is 0 Å². The molecule has 2 saturated heterocycles. The van der Waals surface area contributed by atoms with Gasteiger partial charge in [-0.25, -0.2) is 0 Å². The van der Waals surface area contributed by atoms with Crippen molar-refractivity contribution in [3.8, 4) is 0 Å². The lowest BCUT2D eigenvalue weighted by molar-refractivity contribution is -0.144. The van der Waals surface area contributed by atoms with E-state index in [1.807, 2.05) is 20.8 Å². The van der Waals surface area contributed by atoms with Crippen LogP contribution in [0.15, 0.2) is 0 Å². The van der Waals surface area contributed by atoms with Crippen molar-refractivity contribution < 1.29 is 9.59 Å². The van der Waals surface area contributed by atoms with Crippen molar-refractivity contribution in [2.24, 2.45) is 5.41 Å². The zero-order valence-electron chi connectivity index (χ0n) is 15.5. The van der Waals surface area contributed by atoms with Crippen molar-refractivity contribution in [1.29, 1.82) is 0 Å². The molecule has 0 aromatic rings. The highest BCUT2D eigenvalue weighted by molar-refractivity contribution is 7.99. The number of likely N-dealkylation sites (N-methyl/N-ethyl adjacent to an activating group) is 1. The summed E-state index contributed by atoms with van der Waals surface area (Å²) in [6.45, 7) is 11.9. The van der Waals surface area contributed by atoms with Crippen LogP contribution < -0.4 is 5.32 Å². The largest absolute Gasteiger partial charge is 0.354 e. The average Bonchev–Trinajstić information content (AvgIpc) is 3.00. The van der Waals surface area contributed by atoms with Crippen LogP contribution in [-0.2, 0) is 9.59 Å². The number of rotatable bonds is 5. The van der Waals surface area contributed by atoms with Crippen LogP contribution in [0.3, 0.4) is 0 Å². The first-order valence-electron chi connectivity index (χ1n) is 8.86. The molecule has 2 fully saturated rings. The molecule has 6 nitrogen and oxygen atoms in total. The molecule has 0 radical (unpaired) electrons. The van der Waals surface area contributed by atoms with Gasteiger partial charge in [-0.05, 0) is 20.0 Å². The Morgan fingerprint density at radius 2 is 1.83 bits per heavy atom. The molecule has 2 amide bonds. The van der Waals surface area contributed by atoms with Crippen LogP contribution in [0.25, 0.3) is 0 Å². The Morgan fingerprint density at radius 1 is 1.17 bits per heavy atom. The van der Waals surface area contributed by atoms with Crippen molar-refractivity contribution in [3.63, 3.8) is 0 Å². The summed E-state index contributed by atoms with van der Waals surface area (Å²) in [6.07, 6.45) is 0.961. The number of carbonyl (C=O) groups is 2. The van der Waals surface area contributed by atoms with Crippen molar-refractivity contribution in [3.05, 3.63) is 0 Å². The molecule has 0 saturated carbocycles. The van der Waals surface area contributed by atoms with Crippen LogP contribution >= 0.6 is 11.8 Å². The third-order valence-corrected chi connectivity index (χ3v) is 5.65. The minimum Gasteiger partial charge on any atom is -0.354 e. The lowest BCUT2D eigenvalue weighted by Gasteiger charge is -2.32. The van der Waals surface area contributed by atoms with Crippen molar-refractivity contribution in [1.82, 2.24) is 20.0 Å². The number of hydrogen-bond donors (Lipinski definition) is 1. The maximum atomic E-state index is 12.5. The first-order valence-corrected chi connectivity index (χ1v) is 10.0. The Balaban J connectivity index is 1.71. The minimum absolute atomic E-state index is 0.00372. The van der Waals surface area contributed by atoms with E-state index in [0.717, 1.165) is 39.1 Å². The van der Waals surface area contributed by atoms with Crippen LogP contribution in [0.5, 0.6) is 0 Å². The van der Waals surface area contributed by atoms with Gasteiger partial charge < -0.3 is 20.0 Å². The van der Waals surface area contributed by atoms with E-state index < -0.39 is 5.41 Å². The smallest absolute Gasteiger partial charge is 0.243 e. The number of nitrogens with one attached hydrogen (secondary N) is 1. The molecule has 0 bridgehead atoms. The summed E-state index contributed by atoms with van der Waals surface area (Å²) < 4.78 is 0. The van der Waals surface area contributed by atoms with Gasteiger partial charge in [0.25, 0.3) is 0 Å². The van der Waals surface area contributed by atoms with Gasteiger partial charge in [0.15, 0.2) is 0 Å². The first kappa shape index (κ1) is 19.5. The second-order valence-electron chi connectivity index (χ2n) is 7.83. The molecular formula is C17H32N4O2S. The maximum Gasteiger partial charge on any atom is 0.243 e. The molecular weight excluding hydrogens is 324 g/mol. The van der Waals surface area contributed by atoms with Gasteiger partial charge >= 0.3 is 0 Å². The zero-order chi connectivity index (χ0) is 17.7. The lowest BCUT2D eigenvalue weighted by Crippen LogP contribution is -2.50. The van der Waals surface area contributed by atoms with Crippen molar-refractivity contribution in [2.45, 2.75) is 33.2 Å². The number of amides is 2. The fourth-order valence-corrected chi connectivity index (χ4v) is 4.15. The second-order valence-corrected chi connectivity index (χ2v) is 8.83. The Kier molecular flexibility index (Phi) is 6.95. The molecule has 1 atom stereocenters. The summed E-state index contributed by atoms with van der Waals surface area (Å²) in [5.74, 6) is 1.38. The SMILES string of the molecule is CN1CCN(CCCNC(=O)C2CSCN2C(=O)C(C)(C)C)CC1. The number of hydrogen-bond acceptors (Lipinski definition) is 5. The normalized spacial score (nSPS) is 23.5. The minimum atomic E-state index is -0.440.